The van der Waals surface area contributed by atoms with Gasteiger partial charge in [0.25, 0.3) is 0 Å². The minimum atomic E-state index is -3.67. The van der Waals surface area contributed by atoms with Gasteiger partial charge in [0.1, 0.15) is 11.5 Å². The molecular weight excluding hydrogens is 318 g/mol. The van der Waals surface area contributed by atoms with Crippen LogP contribution in [0.25, 0.3) is 0 Å². The average Bonchev–Trinajstić information content (AvgIpc) is 2.45. The summed E-state index contributed by atoms with van der Waals surface area (Å²) in [6.07, 6.45) is 0.722. The highest BCUT2D eigenvalue weighted by Crippen LogP contribution is 2.22. The van der Waals surface area contributed by atoms with Gasteiger partial charge in [-0.2, -0.15) is 0 Å². The topological polar surface area (TPSA) is 89.5 Å². The Hall–Kier alpha value is -1.89. The lowest BCUT2D eigenvalue weighted by atomic mass is 10.1. The van der Waals surface area contributed by atoms with E-state index in [1.54, 1.807) is 12.1 Å². The molecular formula is C16H23NO5S. The zero-order valence-electron chi connectivity index (χ0n) is 13.9. The molecule has 0 aliphatic rings. The van der Waals surface area contributed by atoms with Crippen molar-refractivity contribution in [2.24, 2.45) is 0 Å². The first-order valence-electron chi connectivity index (χ1n) is 7.36. The van der Waals surface area contributed by atoms with Crippen LogP contribution in [-0.2, 0) is 20.4 Å². The van der Waals surface area contributed by atoms with Gasteiger partial charge in [-0.1, -0.05) is 6.92 Å². The van der Waals surface area contributed by atoms with Gasteiger partial charge >= 0.3 is 0 Å². The maximum Gasteiger partial charge on any atom is 0.235 e. The van der Waals surface area contributed by atoms with Gasteiger partial charge in [-0.25, -0.2) is 8.42 Å². The SMILES string of the molecule is CCC(C)NC(=O)CS(=O)(=O)Cc1cc(C(C)=O)ccc1OC. The van der Waals surface area contributed by atoms with Crippen LogP contribution < -0.4 is 10.1 Å². The number of hydrogen-bond donors (Lipinski definition) is 1. The molecule has 128 valence electrons. The van der Waals surface area contributed by atoms with Crippen LogP contribution in [0.15, 0.2) is 18.2 Å². The van der Waals surface area contributed by atoms with E-state index < -0.39 is 21.5 Å². The molecule has 1 aromatic rings. The average molecular weight is 341 g/mol. The fourth-order valence-corrected chi connectivity index (χ4v) is 3.30. The molecule has 0 aliphatic heterocycles. The summed E-state index contributed by atoms with van der Waals surface area (Å²) in [6.45, 7) is 5.11. The highest BCUT2D eigenvalue weighted by Gasteiger charge is 2.21. The Bertz CT molecular complexity index is 682. The van der Waals surface area contributed by atoms with Crippen molar-refractivity contribution in [2.75, 3.05) is 12.9 Å². The fourth-order valence-electron chi connectivity index (χ4n) is 2.02. The monoisotopic (exact) mass is 341 g/mol. The smallest absolute Gasteiger partial charge is 0.235 e. The molecule has 6 nitrogen and oxygen atoms in total. The standard InChI is InChI=1S/C16H23NO5S/c1-5-11(2)17-16(19)10-23(20,21)9-14-8-13(12(3)18)6-7-15(14)22-4/h6-8,11H,5,9-10H2,1-4H3,(H,17,19). The van der Waals surface area contributed by atoms with E-state index in [1.807, 2.05) is 13.8 Å². The molecule has 0 aromatic heterocycles. The molecule has 7 heteroatoms. The van der Waals surface area contributed by atoms with E-state index in [0.29, 0.717) is 16.9 Å². The number of ketones is 1. The van der Waals surface area contributed by atoms with E-state index >= 15 is 0 Å². The molecule has 1 amide bonds. The van der Waals surface area contributed by atoms with E-state index in [2.05, 4.69) is 5.32 Å². The van der Waals surface area contributed by atoms with Gasteiger partial charge in [-0.3, -0.25) is 9.59 Å². The van der Waals surface area contributed by atoms with Gasteiger partial charge < -0.3 is 10.1 Å². The third-order valence-corrected chi connectivity index (χ3v) is 4.89. The molecule has 0 bridgehead atoms. The zero-order valence-corrected chi connectivity index (χ0v) is 14.7. The van der Waals surface area contributed by atoms with Gasteiger partial charge in [-0.15, -0.1) is 0 Å². The van der Waals surface area contributed by atoms with E-state index in [1.165, 1.54) is 20.1 Å². The van der Waals surface area contributed by atoms with Gasteiger partial charge in [0.15, 0.2) is 15.6 Å². The number of ether oxygens (including phenoxy) is 1. The van der Waals surface area contributed by atoms with Gasteiger partial charge in [0, 0.05) is 17.2 Å². The van der Waals surface area contributed by atoms with Crippen LogP contribution in [0.4, 0.5) is 0 Å². The number of methoxy groups -OCH3 is 1. The van der Waals surface area contributed by atoms with Gasteiger partial charge in [-0.05, 0) is 38.5 Å². The first kappa shape index (κ1) is 19.2. The molecule has 1 atom stereocenters. The molecule has 1 aromatic carbocycles. The third-order valence-electron chi connectivity index (χ3n) is 3.43. The Morgan fingerprint density at radius 1 is 1.30 bits per heavy atom. The minimum absolute atomic E-state index is 0.0757. The molecule has 0 spiro atoms. The maximum atomic E-state index is 12.2. The lowest BCUT2D eigenvalue weighted by molar-refractivity contribution is -0.119. The van der Waals surface area contributed by atoms with Gasteiger partial charge in [0.05, 0.1) is 12.9 Å². The number of hydrogen-bond acceptors (Lipinski definition) is 5. The summed E-state index contributed by atoms with van der Waals surface area (Å²) in [4.78, 5) is 23.2. The van der Waals surface area contributed by atoms with Crippen LogP contribution in [0.3, 0.4) is 0 Å². The second-order valence-electron chi connectivity index (χ2n) is 5.49. The van der Waals surface area contributed by atoms with Crippen molar-refractivity contribution < 1.29 is 22.7 Å². The first-order chi connectivity index (χ1) is 10.7. The Kier molecular flexibility index (Phi) is 6.75. The predicted molar refractivity (Wildman–Crippen MR) is 88.4 cm³/mol. The number of carbonyl (C=O) groups excluding carboxylic acids is 2. The molecule has 1 rings (SSSR count). The molecule has 0 aliphatic carbocycles. The lowest BCUT2D eigenvalue weighted by Gasteiger charge is -2.13. The largest absolute Gasteiger partial charge is 0.496 e. The van der Waals surface area contributed by atoms with Crippen molar-refractivity contribution in [3.05, 3.63) is 29.3 Å². The Morgan fingerprint density at radius 2 is 1.96 bits per heavy atom. The normalized spacial score (nSPS) is 12.5. The van der Waals surface area contributed by atoms with Crippen molar-refractivity contribution >= 4 is 21.5 Å². The van der Waals surface area contributed by atoms with E-state index in [4.69, 9.17) is 4.74 Å². The number of Topliss-reactive ketones (excluding diaryl/α,β-unsaturated/α-hetero) is 1. The maximum absolute atomic E-state index is 12.2. The van der Waals surface area contributed by atoms with Gasteiger partial charge in [0.2, 0.25) is 5.91 Å². The summed E-state index contributed by atoms with van der Waals surface area (Å²) in [5.74, 6) is -1.27. The Labute approximate surface area is 137 Å². The predicted octanol–water partition coefficient (Wildman–Crippen LogP) is 1.73. The third kappa shape index (κ3) is 6.02. The number of sulfone groups is 1. The number of nitrogens with one attached hydrogen (secondary N) is 1. The quantitative estimate of drug-likeness (QED) is 0.727. The summed E-state index contributed by atoms with van der Waals surface area (Å²) < 4.78 is 29.6. The highest BCUT2D eigenvalue weighted by atomic mass is 32.2. The summed E-state index contributed by atoms with van der Waals surface area (Å²) in [7, 11) is -2.24. The van der Waals surface area contributed by atoms with E-state index in [0.717, 1.165) is 6.42 Å². The van der Waals surface area contributed by atoms with Crippen LogP contribution >= 0.6 is 0 Å². The van der Waals surface area contributed by atoms with Crippen molar-refractivity contribution in [2.45, 2.75) is 39.0 Å². The number of benzene rings is 1. The summed E-state index contributed by atoms with van der Waals surface area (Å²) in [6, 6.07) is 4.55. The van der Waals surface area contributed by atoms with Crippen molar-refractivity contribution in [1.29, 1.82) is 0 Å². The van der Waals surface area contributed by atoms with Crippen molar-refractivity contribution in [3.8, 4) is 5.75 Å². The lowest BCUT2D eigenvalue weighted by Crippen LogP contribution is -2.36. The first-order valence-corrected chi connectivity index (χ1v) is 9.18. The number of carbonyl (C=O) groups is 2. The molecule has 0 saturated carbocycles. The second-order valence-corrected chi connectivity index (χ2v) is 7.56. The zero-order chi connectivity index (χ0) is 17.6. The molecule has 23 heavy (non-hydrogen) atoms. The highest BCUT2D eigenvalue weighted by molar-refractivity contribution is 7.91. The number of amides is 1. The van der Waals surface area contributed by atoms with Crippen molar-refractivity contribution in [3.63, 3.8) is 0 Å². The van der Waals surface area contributed by atoms with Crippen molar-refractivity contribution in [1.82, 2.24) is 5.32 Å². The molecule has 1 unspecified atom stereocenters. The summed E-state index contributed by atoms with van der Waals surface area (Å²) >= 11 is 0. The van der Waals surface area contributed by atoms with E-state index in [-0.39, 0.29) is 17.6 Å². The molecule has 1 N–H and O–H groups in total. The fraction of sp³-hybridized carbons (Fsp3) is 0.500. The van der Waals surface area contributed by atoms with Crippen LogP contribution in [0.1, 0.15) is 43.1 Å². The van der Waals surface area contributed by atoms with E-state index in [9.17, 15) is 18.0 Å². The van der Waals surface area contributed by atoms with Crippen LogP contribution in [0, 0.1) is 0 Å². The summed E-state index contributed by atoms with van der Waals surface area (Å²) in [5, 5.41) is 2.63. The van der Waals surface area contributed by atoms with Crippen LogP contribution in [-0.4, -0.2) is 39.0 Å². The summed E-state index contributed by atoms with van der Waals surface area (Å²) in [5.41, 5.74) is 0.775. The Balaban J connectivity index is 2.94. The van der Waals surface area contributed by atoms with Crippen LogP contribution in [0.5, 0.6) is 5.75 Å². The molecule has 0 heterocycles. The Morgan fingerprint density at radius 3 is 2.48 bits per heavy atom. The molecule has 0 fully saturated rings. The molecule has 0 saturated heterocycles. The van der Waals surface area contributed by atoms with Crippen LogP contribution in [0.2, 0.25) is 0 Å². The number of rotatable bonds is 8. The molecule has 0 radical (unpaired) electrons. The minimum Gasteiger partial charge on any atom is -0.496 e. The second kappa shape index (κ2) is 8.10.